The molecule has 10 heavy (non-hydrogen) atoms. The Labute approximate surface area is 56.5 Å². The van der Waals surface area contributed by atoms with Crippen LogP contribution in [-0.2, 0) is 0 Å². The Bertz CT molecular complexity index is 110. The van der Waals surface area contributed by atoms with Gasteiger partial charge in [0.15, 0.2) is 6.17 Å². The summed E-state index contributed by atoms with van der Waals surface area (Å²) in [5.74, 6) is -3.60. The van der Waals surface area contributed by atoms with Gasteiger partial charge in [-0.2, -0.15) is 0 Å². The highest BCUT2D eigenvalue weighted by Gasteiger charge is 2.37. The lowest BCUT2D eigenvalue weighted by atomic mass is 10.1. The van der Waals surface area contributed by atoms with Gasteiger partial charge in [0.1, 0.15) is 0 Å². The monoisotopic (exact) mass is 156 g/mol. The van der Waals surface area contributed by atoms with Crippen molar-refractivity contribution in [1.82, 2.24) is 0 Å². The molecule has 0 saturated carbocycles. The van der Waals surface area contributed by atoms with Gasteiger partial charge >= 0.3 is 0 Å². The minimum Gasteiger partial charge on any atom is -0.251 e. The average Bonchev–Trinajstić information content (AvgIpc) is 1.86. The molecule has 0 aliphatic carbocycles. The topological polar surface area (TPSA) is 0 Å². The second-order valence-electron chi connectivity index (χ2n) is 1.84. The molecule has 0 radical (unpaired) electrons. The molecule has 0 N–H and O–H groups in total. The van der Waals surface area contributed by atoms with Crippen LogP contribution >= 0.6 is 0 Å². The highest BCUT2D eigenvalue weighted by molar-refractivity contribution is 4.90. The van der Waals surface area contributed by atoms with Crippen molar-refractivity contribution in [3.05, 3.63) is 12.7 Å². The van der Waals surface area contributed by atoms with E-state index < -0.39 is 25.2 Å². The summed E-state index contributed by atoms with van der Waals surface area (Å²) in [4.78, 5) is 0. The molecule has 1 unspecified atom stereocenters. The van der Waals surface area contributed by atoms with Crippen molar-refractivity contribution in [2.75, 3.05) is 6.67 Å². The summed E-state index contributed by atoms with van der Waals surface area (Å²) in [5, 5.41) is 0. The number of hydrogen-bond donors (Lipinski definition) is 0. The van der Waals surface area contributed by atoms with E-state index in [1.807, 2.05) is 0 Å². The van der Waals surface area contributed by atoms with Crippen LogP contribution in [0.4, 0.5) is 17.6 Å². The fourth-order valence-electron chi connectivity index (χ4n) is 0.436. The molecule has 0 aliphatic rings. The minimum absolute atomic E-state index is 0.468. The summed E-state index contributed by atoms with van der Waals surface area (Å²) in [6.07, 6.45) is -3.06. The van der Waals surface area contributed by atoms with Crippen molar-refractivity contribution in [3.63, 3.8) is 0 Å². The summed E-state index contributed by atoms with van der Waals surface area (Å²) in [6, 6.07) is 0. The molecule has 0 bridgehead atoms. The third kappa shape index (κ3) is 2.37. The van der Waals surface area contributed by atoms with Gasteiger partial charge in [0.05, 0.1) is 6.67 Å². The fraction of sp³-hybridized carbons (Fsp3) is 0.667. The summed E-state index contributed by atoms with van der Waals surface area (Å²) in [5.41, 5.74) is 0. The van der Waals surface area contributed by atoms with Crippen molar-refractivity contribution in [1.29, 1.82) is 0 Å². The first-order chi connectivity index (χ1) is 4.54. The Balaban J connectivity index is 3.94. The van der Waals surface area contributed by atoms with E-state index in [0.717, 1.165) is 0 Å². The zero-order chi connectivity index (χ0) is 8.20. The van der Waals surface area contributed by atoms with Crippen molar-refractivity contribution in [3.8, 4) is 0 Å². The predicted molar refractivity (Wildman–Crippen MR) is 30.6 cm³/mol. The summed E-state index contributed by atoms with van der Waals surface area (Å²) < 4.78 is 47.6. The van der Waals surface area contributed by atoms with Crippen molar-refractivity contribution in [2.24, 2.45) is 0 Å². The van der Waals surface area contributed by atoms with Gasteiger partial charge in [0, 0.05) is 6.42 Å². The smallest absolute Gasteiger partial charge is 0.251 e. The standard InChI is InChI=1S/C6H8F4/c1-2-5(8)6(9,10)3-4-7/h2,5H,1,3-4H2. The van der Waals surface area contributed by atoms with Gasteiger partial charge in [-0.1, -0.05) is 12.7 Å². The number of halogens is 4. The van der Waals surface area contributed by atoms with E-state index in [9.17, 15) is 17.6 Å². The second-order valence-corrected chi connectivity index (χ2v) is 1.84. The van der Waals surface area contributed by atoms with Gasteiger partial charge < -0.3 is 0 Å². The first-order valence-corrected chi connectivity index (χ1v) is 2.75. The van der Waals surface area contributed by atoms with Crippen molar-refractivity contribution >= 4 is 0 Å². The summed E-state index contributed by atoms with van der Waals surface area (Å²) >= 11 is 0. The molecule has 1 atom stereocenters. The number of rotatable bonds is 4. The number of allylic oxidation sites excluding steroid dienone is 1. The fourth-order valence-corrected chi connectivity index (χ4v) is 0.436. The second kappa shape index (κ2) is 3.58. The summed E-state index contributed by atoms with van der Waals surface area (Å²) in [7, 11) is 0. The molecule has 0 saturated heterocycles. The first-order valence-electron chi connectivity index (χ1n) is 2.75. The molecule has 0 aromatic rings. The lowest BCUT2D eigenvalue weighted by molar-refractivity contribution is -0.0636. The van der Waals surface area contributed by atoms with Gasteiger partial charge in [-0.05, 0) is 0 Å². The van der Waals surface area contributed by atoms with Crippen LogP contribution < -0.4 is 0 Å². The van der Waals surface area contributed by atoms with Crippen LogP contribution in [0.1, 0.15) is 6.42 Å². The van der Waals surface area contributed by atoms with E-state index >= 15 is 0 Å². The zero-order valence-electron chi connectivity index (χ0n) is 5.29. The molecule has 4 heteroatoms. The number of alkyl halides is 4. The van der Waals surface area contributed by atoms with Crippen LogP contribution in [0.3, 0.4) is 0 Å². The molecule has 0 heterocycles. The maximum absolute atomic E-state index is 12.1. The molecule has 0 spiro atoms. The van der Waals surface area contributed by atoms with Crippen molar-refractivity contribution < 1.29 is 17.6 Å². The quantitative estimate of drug-likeness (QED) is 0.433. The Kier molecular flexibility index (Phi) is 3.39. The lowest BCUT2D eigenvalue weighted by Crippen LogP contribution is -2.28. The minimum atomic E-state index is -3.60. The Morgan fingerprint density at radius 3 is 2.30 bits per heavy atom. The SMILES string of the molecule is C=CC(F)C(F)(F)CCF. The van der Waals surface area contributed by atoms with Crippen LogP contribution in [0.5, 0.6) is 0 Å². The first kappa shape index (κ1) is 9.46. The van der Waals surface area contributed by atoms with Gasteiger partial charge in [0.25, 0.3) is 5.92 Å². The highest BCUT2D eigenvalue weighted by Crippen LogP contribution is 2.25. The Morgan fingerprint density at radius 1 is 1.50 bits per heavy atom. The van der Waals surface area contributed by atoms with E-state index in [1.165, 1.54) is 0 Å². The van der Waals surface area contributed by atoms with Crippen LogP contribution in [0.15, 0.2) is 12.7 Å². The van der Waals surface area contributed by atoms with Crippen LogP contribution in [0.25, 0.3) is 0 Å². The van der Waals surface area contributed by atoms with Crippen LogP contribution in [-0.4, -0.2) is 18.8 Å². The van der Waals surface area contributed by atoms with Crippen LogP contribution in [0, 0.1) is 0 Å². The maximum atomic E-state index is 12.1. The molecule has 0 nitrogen and oxygen atoms in total. The molecule has 0 rings (SSSR count). The van der Waals surface area contributed by atoms with Gasteiger partial charge in [-0.15, -0.1) is 0 Å². The van der Waals surface area contributed by atoms with Gasteiger partial charge in [0.2, 0.25) is 0 Å². The molecular formula is C6H8F4. The van der Waals surface area contributed by atoms with E-state index in [2.05, 4.69) is 6.58 Å². The van der Waals surface area contributed by atoms with E-state index in [4.69, 9.17) is 0 Å². The molecule has 60 valence electrons. The molecular weight excluding hydrogens is 148 g/mol. The largest absolute Gasteiger partial charge is 0.284 e. The lowest BCUT2D eigenvalue weighted by Gasteiger charge is -2.15. The Morgan fingerprint density at radius 2 is 2.00 bits per heavy atom. The molecule has 0 aromatic carbocycles. The third-order valence-corrected chi connectivity index (χ3v) is 1.04. The molecule has 0 aliphatic heterocycles. The normalized spacial score (nSPS) is 14.8. The number of hydrogen-bond acceptors (Lipinski definition) is 0. The molecule has 0 amide bonds. The van der Waals surface area contributed by atoms with E-state index in [-0.39, 0.29) is 0 Å². The predicted octanol–water partition coefficient (Wildman–Crippen LogP) is 2.51. The highest BCUT2D eigenvalue weighted by atomic mass is 19.3. The molecule has 0 fully saturated rings. The van der Waals surface area contributed by atoms with Crippen LogP contribution in [0.2, 0.25) is 0 Å². The maximum Gasteiger partial charge on any atom is 0.284 e. The van der Waals surface area contributed by atoms with Crippen molar-refractivity contribution in [2.45, 2.75) is 18.5 Å². The summed E-state index contributed by atoms with van der Waals surface area (Å²) in [6.45, 7) is 1.61. The average molecular weight is 156 g/mol. The van der Waals surface area contributed by atoms with E-state index in [0.29, 0.717) is 6.08 Å². The zero-order valence-corrected chi connectivity index (χ0v) is 5.29. The van der Waals surface area contributed by atoms with Gasteiger partial charge in [-0.3, -0.25) is 4.39 Å². The Hall–Kier alpha value is -0.540. The molecule has 0 aromatic heterocycles. The third-order valence-electron chi connectivity index (χ3n) is 1.04. The van der Waals surface area contributed by atoms with Gasteiger partial charge in [-0.25, -0.2) is 13.2 Å². The van der Waals surface area contributed by atoms with E-state index in [1.54, 1.807) is 0 Å².